The van der Waals surface area contributed by atoms with Gasteiger partial charge in [0.1, 0.15) is 0 Å². The number of carbonyl (C=O) groups excluding carboxylic acids is 1. The zero-order chi connectivity index (χ0) is 13.3. The molecule has 2 saturated carbocycles. The van der Waals surface area contributed by atoms with Crippen LogP contribution in [-0.2, 0) is 4.79 Å². The van der Waals surface area contributed by atoms with Gasteiger partial charge in [0.05, 0.1) is 6.54 Å². The van der Waals surface area contributed by atoms with E-state index in [1.807, 2.05) is 0 Å². The van der Waals surface area contributed by atoms with E-state index in [-0.39, 0.29) is 18.3 Å². The monoisotopic (exact) mass is 288 g/mol. The topological polar surface area (TPSA) is 32.3 Å². The zero-order valence-corrected chi connectivity index (χ0v) is 13.5. The second-order valence-corrected chi connectivity index (χ2v) is 6.71. The number of carbonyl (C=O) groups is 1. The van der Waals surface area contributed by atoms with Gasteiger partial charge >= 0.3 is 0 Å². The van der Waals surface area contributed by atoms with E-state index >= 15 is 0 Å². The molecule has 2 bridgehead atoms. The molecule has 4 heteroatoms. The summed E-state index contributed by atoms with van der Waals surface area (Å²) in [6, 6.07) is 1.32. The van der Waals surface area contributed by atoms with E-state index in [1.165, 1.54) is 25.7 Å². The Balaban J connectivity index is 0.00000180. The maximum Gasteiger partial charge on any atom is 0.234 e. The number of rotatable bonds is 5. The lowest BCUT2D eigenvalue weighted by atomic mass is 9.95. The van der Waals surface area contributed by atoms with Crippen molar-refractivity contribution in [1.29, 1.82) is 0 Å². The Bertz CT molecular complexity index is 299. The fourth-order valence-corrected chi connectivity index (χ4v) is 3.80. The van der Waals surface area contributed by atoms with Gasteiger partial charge in [-0.25, -0.2) is 0 Å². The molecule has 1 N–H and O–H groups in total. The maximum atomic E-state index is 12.1. The van der Waals surface area contributed by atoms with Crippen LogP contribution in [0.4, 0.5) is 0 Å². The molecule has 0 heterocycles. The summed E-state index contributed by atoms with van der Waals surface area (Å²) in [7, 11) is 0. The predicted octanol–water partition coefficient (Wildman–Crippen LogP) is 2.83. The third kappa shape index (κ3) is 4.09. The zero-order valence-electron chi connectivity index (χ0n) is 12.7. The van der Waals surface area contributed by atoms with E-state index in [9.17, 15) is 4.79 Å². The Morgan fingerprint density at radius 1 is 1.16 bits per heavy atom. The molecule has 2 fully saturated rings. The molecule has 0 saturated heterocycles. The normalized spacial score (nSPS) is 29.1. The van der Waals surface area contributed by atoms with Crippen LogP contribution in [0.2, 0.25) is 0 Å². The Morgan fingerprint density at radius 3 is 2.21 bits per heavy atom. The van der Waals surface area contributed by atoms with Crippen LogP contribution in [0.15, 0.2) is 0 Å². The van der Waals surface area contributed by atoms with Crippen molar-refractivity contribution in [3.05, 3.63) is 0 Å². The number of nitrogens with one attached hydrogen (secondary N) is 1. The summed E-state index contributed by atoms with van der Waals surface area (Å²) < 4.78 is 0. The van der Waals surface area contributed by atoms with Crippen molar-refractivity contribution in [1.82, 2.24) is 10.2 Å². The molecule has 0 aromatic rings. The van der Waals surface area contributed by atoms with Crippen molar-refractivity contribution < 1.29 is 4.79 Å². The molecular weight excluding hydrogens is 260 g/mol. The quantitative estimate of drug-likeness (QED) is 0.844. The lowest BCUT2D eigenvalue weighted by molar-refractivity contribution is -0.124. The fourth-order valence-electron chi connectivity index (χ4n) is 3.80. The summed E-state index contributed by atoms with van der Waals surface area (Å²) in [4.78, 5) is 14.4. The second kappa shape index (κ2) is 6.94. The highest BCUT2D eigenvalue weighted by Gasteiger charge is 2.40. The molecule has 0 aromatic heterocycles. The number of fused-ring (bicyclic) bond motifs is 2. The van der Waals surface area contributed by atoms with Crippen molar-refractivity contribution in [3.63, 3.8) is 0 Å². The third-order valence-corrected chi connectivity index (χ3v) is 4.74. The van der Waals surface area contributed by atoms with E-state index in [0.29, 0.717) is 24.7 Å². The van der Waals surface area contributed by atoms with Gasteiger partial charge in [0, 0.05) is 18.1 Å². The maximum absolute atomic E-state index is 12.1. The molecule has 0 aliphatic heterocycles. The van der Waals surface area contributed by atoms with Crippen LogP contribution in [0, 0.1) is 11.8 Å². The molecule has 2 aliphatic rings. The molecular formula is C15H29ClN2O. The highest BCUT2D eigenvalue weighted by Crippen LogP contribution is 2.44. The van der Waals surface area contributed by atoms with E-state index in [0.717, 1.165) is 11.8 Å². The van der Waals surface area contributed by atoms with Crippen LogP contribution < -0.4 is 5.32 Å². The first-order valence-corrected chi connectivity index (χ1v) is 7.52. The van der Waals surface area contributed by atoms with Gasteiger partial charge in [0.25, 0.3) is 0 Å². The average molecular weight is 289 g/mol. The molecule has 112 valence electrons. The first kappa shape index (κ1) is 16.8. The van der Waals surface area contributed by atoms with Gasteiger partial charge in [-0.3, -0.25) is 9.69 Å². The van der Waals surface area contributed by atoms with Crippen LogP contribution in [-0.4, -0.2) is 35.5 Å². The molecule has 2 aliphatic carbocycles. The lowest BCUT2D eigenvalue weighted by Crippen LogP contribution is -2.48. The van der Waals surface area contributed by atoms with Gasteiger partial charge in [0.15, 0.2) is 0 Å². The summed E-state index contributed by atoms with van der Waals surface area (Å²) in [5, 5.41) is 3.27. The van der Waals surface area contributed by atoms with Gasteiger partial charge in [-0.1, -0.05) is 6.42 Å². The van der Waals surface area contributed by atoms with Crippen LogP contribution in [0.3, 0.4) is 0 Å². The molecule has 0 radical (unpaired) electrons. The largest absolute Gasteiger partial charge is 0.352 e. The van der Waals surface area contributed by atoms with E-state index in [4.69, 9.17) is 0 Å². The number of halogens is 1. The Kier molecular flexibility index (Phi) is 6.13. The number of hydrogen-bond acceptors (Lipinski definition) is 2. The number of nitrogens with zero attached hydrogens (tertiary/aromatic N) is 1. The number of amides is 1. The minimum atomic E-state index is 0. The van der Waals surface area contributed by atoms with Crippen LogP contribution >= 0.6 is 12.4 Å². The van der Waals surface area contributed by atoms with Crippen molar-refractivity contribution in [2.75, 3.05) is 6.54 Å². The summed E-state index contributed by atoms with van der Waals surface area (Å²) >= 11 is 0. The summed E-state index contributed by atoms with van der Waals surface area (Å²) in [6.45, 7) is 9.18. The fraction of sp³-hybridized carbons (Fsp3) is 0.933. The minimum Gasteiger partial charge on any atom is -0.352 e. The molecule has 3 atom stereocenters. The van der Waals surface area contributed by atoms with E-state index < -0.39 is 0 Å². The van der Waals surface area contributed by atoms with E-state index in [2.05, 4.69) is 37.9 Å². The summed E-state index contributed by atoms with van der Waals surface area (Å²) in [6.07, 6.45) is 5.29. The molecule has 19 heavy (non-hydrogen) atoms. The van der Waals surface area contributed by atoms with Crippen molar-refractivity contribution in [2.24, 2.45) is 11.8 Å². The minimum absolute atomic E-state index is 0. The highest BCUT2D eigenvalue weighted by atomic mass is 35.5. The third-order valence-electron chi connectivity index (χ3n) is 4.74. The first-order chi connectivity index (χ1) is 8.47. The SMILES string of the molecule is CC(C)N(CC(=O)NC1CC2CCC1C2)C(C)C.Cl. The van der Waals surface area contributed by atoms with E-state index in [1.54, 1.807) is 0 Å². The second-order valence-electron chi connectivity index (χ2n) is 6.71. The van der Waals surface area contributed by atoms with Gasteiger partial charge in [-0.05, 0) is 58.8 Å². The Morgan fingerprint density at radius 2 is 1.79 bits per heavy atom. The number of hydrogen-bond donors (Lipinski definition) is 1. The standard InChI is InChI=1S/C15H28N2O.ClH/c1-10(2)17(11(3)4)9-15(18)16-14-8-12-5-6-13(14)7-12;/h10-14H,5-9H2,1-4H3,(H,16,18);1H. The molecule has 1 amide bonds. The molecule has 3 nitrogen and oxygen atoms in total. The predicted molar refractivity (Wildman–Crippen MR) is 81.6 cm³/mol. The van der Waals surface area contributed by atoms with Crippen molar-refractivity contribution in [2.45, 2.75) is 71.5 Å². The molecule has 0 spiro atoms. The van der Waals surface area contributed by atoms with Gasteiger partial charge < -0.3 is 5.32 Å². The molecule has 0 aromatic carbocycles. The highest BCUT2D eigenvalue weighted by molar-refractivity contribution is 5.85. The van der Waals surface area contributed by atoms with Gasteiger partial charge in [-0.15, -0.1) is 12.4 Å². The summed E-state index contributed by atoms with van der Waals surface area (Å²) in [5.74, 6) is 1.88. The van der Waals surface area contributed by atoms with Crippen molar-refractivity contribution in [3.8, 4) is 0 Å². The van der Waals surface area contributed by atoms with Crippen molar-refractivity contribution >= 4 is 18.3 Å². The smallest absolute Gasteiger partial charge is 0.234 e. The summed E-state index contributed by atoms with van der Waals surface area (Å²) in [5.41, 5.74) is 0. The lowest BCUT2D eigenvalue weighted by Gasteiger charge is -2.31. The van der Waals surface area contributed by atoms with Gasteiger partial charge in [0.2, 0.25) is 5.91 Å². The van der Waals surface area contributed by atoms with Crippen LogP contribution in [0.25, 0.3) is 0 Å². The molecule has 3 unspecified atom stereocenters. The Hall–Kier alpha value is -0.280. The van der Waals surface area contributed by atoms with Crippen LogP contribution in [0.5, 0.6) is 0 Å². The van der Waals surface area contributed by atoms with Gasteiger partial charge in [-0.2, -0.15) is 0 Å². The molecule has 2 rings (SSSR count). The van der Waals surface area contributed by atoms with Crippen LogP contribution in [0.1, 0.15) is 53.4 Å². The average Bonchev–Trinajstić information content (AvgIpc) is 2.86. The first-order valence-electron chi connectivity index (χ1n) is 7.52. The Labute approximate surface area is 123 Å².